The molecule has 0 radical (unpaired) electrons. The Hall–Kier alpha value is -2.69. The van der Waals surface area contributed by atoms with Crippen LogP contribution in [0.5, 0.6) is 11.5 Å². The van der Waals surface area contributed by atoms with Crippen molar-refractivity contribution in [2.45, 2.75) is 0 Å². The van der Waals surface area contributed by atoms with Crippen molar-refractivity contribution in [1.82, 2.24) is 5.32 Å². The molecule has 1 amide bonds. The van der Waals surface area contributed by atoms with Crippen LogP contribution >= 0.6 is 0 Å². The van der Waals surface area contributed by atoms with Crippen LogP contribution in [-0.2, 0) is 4.79 Å². The SMILES string of the molecule is COc1ccccc1N(C)CC(=O)NCCOc1ccccc1. The number of amides is 1. The monoisotopic (exact) mass is 314 g/mol. The normalized spacial score (nSPS) is 10.0. The molecule has 0 heterocycles. The number of nitrogens with zero attached hydrogens (tertiary/aromatic N) is 1. The number of para-hydroxylation sites is 3. The van der Waals surface area contributed by atoms with Gasteiger partial charge in [-0.05, 0) is 24.3 Å². The van der Waals surface area contributed by atoms with Gasteiger partial charge in [0.05, 0.1) is 25.9 Å². The molecule has 23 heavy (non-hydrogen) atoms. The lowest BCUT2D eigenvalue weighted by Gasteiger charge is -2.21. The maximum atomic E-state index is 12.0. The van der Waals surface area contributed by atoms with Gasteiger partial charge in [0.2, 0.25) is 5.91 Å². The van der Waals surface area contributed by atoms with E-state index in [0.717, 1.165) is 17.2 Å². The first-order valence-electron chi connectivity index (χ1n) is 7.49. The number of likely N-dealkylation sites (N-methyl/N-ethyl adjacent to an activating group) is 1. The van der Waals surface area contributed by atoms with Crippen LogP contribution < -0.4 is 19.7 Å². The van der Waals surface area contributed by atoms with Crippen molar-refractivity contribution in [3.63, 3.8) is 0 Å². The second kappa shape index (κ2) is 8.68. The molecule has 2 aromatic rings. The fourth-order valence-electron chi connectivity index (χ4n) is 2.18. The van der Waals surface area contributed by atoms with E-state index in [0.29, 0.717) is 13.2 Å². The lowest BCUT2D eigenvalue weighted by molar-refractivity contribution is -0.119. The summed E-state index contributed by atoms with van der Waals surface area (Å²) in [7, 11) is 3.48. The van der Waals surface area contributed by atoms with Crippen LogP contribution in [0.1, 0.15) is 0 Å². The number of carbonyl (C=O) groups is 1. The predicted molar refractivity (Wildman–Crippen MR) is 91.2 cm³/mol. The summed E-state index contributed by atoms with van der Waals surface area (Å²) in [6, 6.07) is 17.1. The Morgan fingerprint density at radius 2 is 1.78 bits per heavy atom. The number of methoxy groups -OCH3 is 1. The minimum absolute atomic E-state index is 0.0601. The van der Waals surface area contributed by atoms with Crippen molar-refractivity contribution < 1.29 is 14.3 Å². The van der Waals surface area contributed by atoms with E-state index in [1.54, 1.807) is 7.11 Å². The summed E-state index contributed by atoms with van der Waals surface area (Å²) in [5.41, 5.74) is 0.880. The first-order chi connectivity index (χ1) is 11.2. The Morgan fingerprint density at radius 1 is 1.09 bits per heavy atom. The molecular formula is C18H22N2O3. The molecular weight excluding hydrogens is 292 g/mol. The van der Waals surface area contributed by atoms with Crippen LogP contribution in [0, 0.1) is 0 Å². The van der Waals surface area contributed by atoms with Crippen molar-refractivity contribution in [1.29, 1.82) is 0 Å². The summed E-state index contributed by atoms with van der Waals surface area (Å²) in [5, 5.41) is 2.84. The zero-order valence-corrected chi connectivity index (χ0v) is 13.5. The molecule has 0 aliphatic rings. The number of rotatable bonds is 8. The molecule has 2 rings (SSSR count). The second-order valence-corrected chi connectivity index (χ2v) is 5.04. The Balaban J connectivity index is 1.74. The number of anilines is 1. The molecule has 0 aromatic heterocycles. The number of nitrogens with one attached hydrogen (secondary N) is 1. The van der Waals surface area contributed by atoms with E-state index in [1.165, 1.54) is 0 Å². The average Bonchev–Trinajstić information content (AvgIpc) is 2.59. The Kier molecular flexibility index (Phi) is 6.29. The summed E-state index contributed by atoms with van der Waals surface area (Å²) in [4.78, 5) is 13.8. The topological polar surface area (TPSA) is 50.8 Å². The summed E-state index contributed by atoms with van der Waals surface area (Å²) < 4.78 is 10.8. The molecule has 1 N–H and O–H groups in total. The van der Waals surface area contributed by atoms with Crippen molar-refractivity contribution in [3.05, 3.63) is 54.6 Å². The minimum Gasteiger partial charge on any atom is -0.495 e. The van der Waals surface area contributed by atoms with E-state index in [1.807, 2.05) is 66.5 Å². The maximum Gasteiger partial charge on any atom is 0.239 e. The fourth-order valence-corrected chi connectivity index (χ4v) is 2.18. The van der Waals surface area contributed by atoms with Gasteiger partial charge in [0, 0.05) is 7.05 Å². The molecule has 5 nitrogen and oxygen atoms in total. The van der Waals surface area contributed by atoms with Gasteiger partial charge in [-0.25, -0.2) is 0 Å². The lowest BCUT2D eigenvalue weighted by Crippen LogP contribution is -2.37. The highest BCUT2D eigenvalue weighted by Gasteiger charge is 2.10. The molecule has 2 aromatic carbocycles. The molecule has 0 aliphatic carbocycles. The number of ether oxygens (including phenoxy) is 2. The van der Waals surface area contributed by atoms with Crippen LogP contribution in [0.3, 0.4) is 0 Å². The van der Waals surface area contributed by atoms with Gasteiger partial charge >= 0.3 is 0 Å². The summed E-state index contributed by atoms with van der Waals surface area (Å²) >= 11 is 0. The maximum absolute atomic E-state index is 12.0. The van der Waals surface area contributed by atoms with Gasteiger partial charge in [-0.2, -0.15) is 0 Å². The number of benzene rings is 2. The van der Waals surface area contributed by atoms with E-state index in [9.17, 15) is 4.79 Å². The van der Waals surface area contributed by atoms with Gasteiger partial charge in [0.1, 0.15) is 18.1 Å². The second-order valence-electron chi connectivity index (χ2n) is 5.04. The van der Waals surface area contributed by atoms with Crippen molar-refractivity contribution in [2.24, 2.45) is 0 Å². The molecule has 0 unspecified atom stereocenters. The molecule has 0 saturated carbocycles. The molecule has 0 fully saturated rings. The zero-order chi connectivity index (χ0) is 16.5. The van der Waals surface area contributed by atoms with Gasteiger partial charge in [0.15, 0.2) is 0 Å². The van der Waals surface area contributed by atoms with Crippen LogP contribution in [0.2, 0.25) is 0 Å². The first-order valence-corrected chi connectivity index (χ1v) is 7.49. The summed E-state index contributed by atoms with van der Waals surface area (Å²) in [6.45, 7) is 1.16. The zero-order valence-electron chi connectivity index (χ0n) is 13.5. The van der Waals surface area contributed by atoms with Crippen LogP contribution in [-0.4, -0.2) is 39.8 Å². The Morgan fingerprint density at radius 3 is 2.52 bits per heavy atom. The molecule has 122 valence electrons. The van der Waals surface area contributed by atoms with E-state index in [4.69, 9.17) is 9.47 Å². The standard InChI is InChI=1S/C18H22N2O3/c1-20(16-10-6-7-11-17(16)22-2)14-18(21)19-12-13-23-15-8-4-3-5-9-15/h3-11H,12-14H2,1-2H3,(H,19,21). The number of hydrogen-bond donors (Lipinski definition) is 1. The largest absolute Gasteiger partial charge is 0.495 e. The highest BCUT2D eigenvalue weighted by Crippen LogP contribution is 2.26. The Labute approximate surface area is 136 Å². The molecule has 0 bridgehead atoms. The third-order valence-corrected chi connectivity index (χ3v) is 3.31. The highest BCUT2D eigenvalue weighted by atomic mass is 16.5. The van der Waals surface area contributed by atoms with Crippen molar-refractivity contribution >= 4 is 11.6 Å². The summed E-state index contributed by atoms with van der Waals surface area (Å²) in [6.07, 6.45) is 0. The van der Waals surface area contributed by atoms with E-state index in [2.05, 4.69) is 5.32 Å². The summed E-state index contributed by atoms with van der Waals surface area (Å²) in [5.74, 6) is 1.48. The Bertz CT molecular complexity index is 617. The molecule has 0 aliphatic heterocycles. The van der Waals surface area contributed by atoms with E-state index >= 15 is 0 Å². The van der Waals surface area contributed by atoms with E-state index < -0.39 is 0 Å². The molecule has 0 atom stereocenters. The quantitative estimate of drug-likeness (QED) is 0.760. The number of carbonyl (C=O) groups excluding carboxylic acids is 1. The van der Waals surface area contributed by atoms with Crippen LogP contribution in [0.15, 0.2) is 54.6 Å². The minimum atomic E-state index is -0.0601. The average molecular weight is 314 g/mol. The van der Waals surface area contributed by atoms with Gasteiger partial charge in [0.25, 0.3) is 0 Å². The smallest absolute Gasteiger partial charge is 0.239 e. The van der Waals surface area contributed by atoms with Crippen LogP contribution in [0.4, 0.5) is 5.69 Å². The van der Waals surface area contributed by atoms with Gasteiger partial charge in [-0.15, -0.1) is 0 Å². The van der Waals surface area contributed by atoms with Crippen molar-refractivity contribution in [3.8, 4) is 11.5 Å². The third kappa shape index (κ3) is 5.21. The molecule has 0 saturated heterocycles. The third-order valence-electron chi connectivity index (χ3n) is 3.31. The van der Waals surface area contributed by atoms with Gasteiger partial charge in [-0.1, -0.05) is 30.3 Å². The predicted octanol–water partition coefficient (Wildman–Crippen LogP) is 2.33. The van der Waals surface area contributed by atoms with Gasteiger partial charge < -0.3 is 19.7 Å². The lowest BCUT2D eigenvalue weighted by atomic mass is 10.2. The molecule has 5 heteroatoms. The number of hydrogen-bond acceptors (Lipinski definition) is 4. The fraction of sp³-hybridized carbons (Fsp3) is 0.278. The van der Waals surface area contributed by atoms with Crippen molar-refractivity contribution in [2.75, 3.05) is 38.8 Å². The first kappa shape index (κ1) is 16.7. The highest BCUT2D eigenvalue weighted by molar-refractivity contribution is 5.81. The molecule has 0 spiro atoms. The van der Waals surface area contributed by atoms with E-state index in [-0.39, 0.29) is 12.5 Å². The van der Waals surface area contributed by atoms with Gasteiger partial charge in [-0.3, -0.25) is 4.79 Å². The van der Waals surface area contributed by atoms with Crippen LogP contribution in [0.25, 0.3) is 0 Å².